The van der Waals surface area contributed by atoms with Gasteiger partial charge in [0.05, 0.1) is 11.8 Å². The molecule has 0 unspecified atom stereocenters. The zero-order chi connectivity index (χ0) is 11.5. The van der Waals surface area contributed by atoms with Gasteiger partial charge in [0.2, 0.25) is 0 Å². The van der Waals surface area contributed by atoms with Crippen molar-refractivity contribution < 1.29 is 9.53 Å². The summed E-state index contributed by atoms with van der Waals surface area (Å²) in [6.07, 6.45) is 1.21. The molecule has 1 heterocycles. The van der Waals surface area contributed by atoms with E-state index in [1.165, 1.54) is 0 Å². The molecule has 1 amide bonds. The van der Waals surface area contributed by atoms with Crippen LogP contribution in [0.3, 0.4) is 0 Å². The zero-order valence-corrected chi connectivity index (χ0v) is 9.06. The van der Waals surface area contributed by atoms with Crippen LogP contribution in [-0.2, 0) is 11.2 Å². The van der Waals surface area contributed by atoms with E-state index in [-0.39, 0.29) is 12.5 Å². The summed E-state index contributed by atoms with van der Waals surface area (Å²) in [7, 11) is 1.73. The molecular weight excluding hydrogens is 204 g/mol. The molecule has 0 saturated heterocycles. The second kappa shape index (κ2) is 4.23. The van der Waals surface area contributed by atoms with Gasteiger partial charge < -0.3 is 9.64 Å². The van der Waals surface area contributed by atoms with Gasteiger partial charge in [-0.05, 0) is 24.1 Å². The summed E-state index contributed by atoms with van der Waals surface area (Å²) in [6, 6.07) is 7.79. The van der Waals surface area contributed by atoms with Crippen LogP contribution < -0.4 is 9.64 Å². The van der Waals surface area contributed by atoms with E-state index in [0.29, 0.717) is 12.8 Å². The van der Waals surface area contributed by atoms with Crippen LogP contribution in [0.2, 0.25) is 0 Å². The second-order valence-corrected chi connectivity index (χ2v) is 3.70. The topological polar surface area (TPSA) is 53.3 Å². The molecule has 1 aliphatic heterocycles. The van der Waals surface area contributed by atoms with Crippen molar-refractivity contribution in [2.45, 2.75) is 12.8 Å². The Morgan fingerprint density at radius 1 is 1.56 bits per heavy atom. The number of ether oxygens (including phenoxy) is 1. The second-order valence-electron chi connectivity index (χ2n) is 3.70. The van der Waals surface area contributed by atoms with E-state index in [9.17, 15) is 4.79 Å². The SMILES string of the molecule is CN1C(=O)COc2cc(CCC#N)ccc21. The number of fused-ring (bicyclic) bond motifs is 1. The molecule has 0 saturated carbocycles. The van der Waals surface area contributed by atoms with E-state index >= 15 is 0 Å². The molecule has 0 aliphatic carbocycles. The quantitative estimate of drug-likeness (QED) is 0.752. The molecule has 1 aromatic carbocycles. The van der Waals surface area contributed by atoms with Crippen LogP contribution in [0.15, 0.2) is 18.2 Å². The molecule has 1 aliphatic rings. The van der Waals surface area contributed by atoms with Crippen LogP contribution in [0.25, 0.3) is 0 Å². The maximum Gasteiger partial charge on any atom is 0.264 e. The number of amides is 1. The number of benzene rings is 1. The van der Waals surface area contributed by atoms with E-state index in [1.807, 2.05) is 18.2 Å². The first-order valence-corrected chi connectivity index (χ1v) is 5.11. The normalized spacial score (nSPS) is 14.0. The first-order chi connectivity index (χ1) is 7.72. The Labute approximate surface area is 94.0 Å². The van der Waals surface area contributed by atoms with Crippen molar-refractivity contribution in [2.75, 3.05) is 18.6 Å². The number of carbonyl (C=O) groups is 1. The number of hydrogen-bond donors (Lipinski definition) is 0. The van der Waals surface area contributed by atoms with Gasteiger partial charge in [0.15, 0.2) is 6.61 Å². The number of nitrogens with zero attached hydrogens (tertiary/aromatic N) is 2. The summed E-state index contributed by atoms with van der Waals surface area (Å²) in [5.41, 5.74) is 1.85. The van der Waals surface area contributed by atoms with Crippen LogP contribution in [-0.4, -0.2) is 19.6 Å². The Hall–Kier alpha value is -2.02. The molecule has 0 aromatic heterocycles. The predicted octanol–water partition coefficient (Wildman–Crippen LogP) is 1.50. The number of nitriles is 1. The zero-order valence-electron chi connectivity index (χ0n) is 9.06. The first kappa shape index (κ1) is 10.5. The monoisotopic (exact) mass is 216 g/mol. The van der Waals surface area contributed by atoms with Gasteiger partial charge in [0.25, 0.3) is 5.91 Å². The lowest BCUT2D eigenvalue weighted by Crippen LogP contribution is -2.35. The van der Waals surface area contributed by atoms with Crippen molar-refractivity contribution in [3.05, 3.63) is 23.8 Å². The van der Waals surface area contributed by atoms with Crippen LogP contribution >= 0.6 is 0 Å². The number of rotatable bonds is 2. The molecule has 16 heavy (non-hydrogen) atoms. The lowest BCUT2D eigenvalue weighted by atomic mass is 10.1. The molecule has 1 aromatic rings. The van der Waals surface area contributed by atoms with Crippen LogP contribution in [0.1, 0.15) is 12.0 Å². The standard InChI is InChI=1S/C12H12N2O2/c1-14-10-5-4-9(3-2-6-13)7-11(10)16-8-12(14)15/h4-5,7H,2-3,8H2,1H3. The van der Waals surface area contributed by atoms with Gasteiger partial charge in [-0.15, -0.1) is 0 Å². The highest BCUT2D eigenvalue weighted by Crippen LogP contribution is 2.32. The predicted molar refractivity (Wildman–Crippen MR) is 59.3 cm³/mol. The summed E-state index contributed by atoms with van der Waals surface area (Å²) >= 11 is 0. The summed E-state index contributed by atoms with van der Waals surface area (Å²) in [4.78, 5) is 13.0. The van der Waals surface area contributed by atoms with E-state index in [4.69, 9.17) is 10.00 Å². The number of carbonyl (C=O) groups excluding carboxylic acids is 1. The highest BCUT2D eigenvalue weighted by Gasteiger charge is 2.21. The third-order valence-electron chi connectivity index (χ3n) is 2.64. The average Bonchev–Trinajstić information content (AvgIpc) is 2.31. The average molecular weight is 216 g/mol. The Morgan fingerprint density at radius 3 is 3.12 bits per heavy atom. The molecule has 0 N–H and O–H groups in total. The van der Waals surface area contributed by atoms with Crippen LogP contribution in [0.5, 0.6) is 5.75 Å². The summed E-state index contributed by atoms with van der Waals surface area (Å²) in [5.74, 6) is 0.676. The Morgan fingerprint density at radius 2 is 2.38 bits per heavy atom. The minimum absolute atomic E-state index is 0.0442. The van der Waals surface area contributed by atoms with E-state index < -0.39 is 0 Å². The van der Waals surface area contributed by atoms with Gasteiger partial charge in [-0.25, -0.2) is 0 Å². The third kappa shape index (κ3) is 1.84. The number of anilines is 1. The van der Waals surface area contributed by atoms with Crippen molar-refractivity contribution in [1.29, 1.82) is 5.26 Å². The van der Waals surface area contributed by atoms with E-state index in [0.717, 1.165) is 17.0 Å². The summed E-state index contributed by atoms with van der Waals surface area (Å²) in [6.45, 7) is 0.0885. The maximum atomic E-state index is 11.4. The summed E-state index contributed by atoms with van der Waals surface area (Å²) in [5, 5.41) is 8.51. The van der Waals surface area contributed by atoms with Gasteiger partial charge in [0, 0.05) is 13.5 Å². The van der Waals surface area contributed by atoms with E-state index in [2.05, 4.69) is 6.07 Å². The van der Waals surface area contributed by atoms with Gasteiger partial charge in [-0.1, -0.05) is 6.07 Å². The number of hydrogen-bond acceptors (Lipinski definition) is 3. The molecule has 2 rings (SSSR count). The van der Waals surface area contributed by atoms with Crippen molar-refractivity contribution >= 4 is 11.6 Å². The minimum Gasteiger partial charge on any atom is -0.482 e. The lowest BCUT2D eigenvalue weighted by Gasteiger charge is -2.26. The number of likely N-dealkylation sites (N-methyl/N-ethyl adjacent to an activating group) is 1. The molecule has 0 spiro atoms. The molecular formula is C12H12N2O2. The molecule has 0 atom stereocenters. The molecule has 82 valence electrons. The minimum atomic E-state index is -0.0442. The summed E-state index contributed by atoms with van der Waals surface area (Å²) < 4.78 is 5.35. The Balaban J connectivity index is 2.27. The molecule has 4 heteroatoms. The smallest absolute Gasteiger partial charge is 0.264 e. The lowest BCUT2D eigenvalue weighted by molar-refractivity contribution is -0.120. The Kier molecular flexibility index (Phi) is 2.78. The molecule has 4 nitrogen and oxygen atoms in total. The van der Waals surface area contributed by atoms with Crippen molar-refractivity contribution in [3.63, 3.8) is 0 Å². The van der Waals surface area contributed by atoms with Crippen LogP contribution in [0.4, 0.5) is 5.69 Å². The fraction of sp³-hybridized carbons (Fsp3) is 0.333. The van der Waals surface area contributed by atoms with E-state index in [1.54, 1.807) is 11.9 Å². The fourth-order valence-corrected chi connectivity index (χ4v) is 1.68. The van der Waals surface area contributed by atoms with Crippen molar-refractivity contribution in [1.82, 2.24) is 0 Å². The Bertz CT molecular complexity index is 463. The fourth-order valence-electron chi connectivity index (χ4n) is 1.68. The largest absolute Gasteiger partial charge is 0.482 e. The van der Waals surface area contributed by atoms with Gasteiger partial charge in [-0.3, -0.25) is 4.79 Å². The highest BCUT2D eigenvalue weighted by molar-refractivity contribution is 5.97. The molecule has 0 bridgehead atoms. The van der Waals surface area contributed by atoms with Gasteiger partial charge >= 0.3 is 0 Å². The molecule has 0 radical (unpaired) electrons. The van der Waals surface area contributed by atoms with Crippen LogP contribution in [0, 0.1) is 11.3 Å². The van der Waals surface area contributed by atoms with Gasteiger partial charge in [-0.2, -0.15) is 5.26 Å². The number of aryl methyl sites for hydroxylation is 1. The van der Waals surface area contributed by atoms with Gasteiger partial charge in [0.1, 0.15) is 5.75 Å². The third-order valence-corrected chi connectivity index (χ3v) is 2.64. The van der Waals surface area contributed by atoms with Crippen molar-refractivity contribution in [3.8, 4) is 11.8 Å². The molecule has 0 fully saturated rings. The highest BCUT2D eigenvalue weighted by atomic mass is 16.5. The maximum absolute atomic E-state index is 11.4. The van der Waals surface area contributed by atoms with Crippen molar-refractivity contribution in [2.24, 2.45) is 0 Å². The first-order valence-electron chi connectivity index (χ1n) is 5.11.